The van der Waals surface area contributed by atoms with Crippen LogP contribution in [0.25, 0.3) is 10.9 Å². The minimum absolute atomic E-state index is 0.000537. The van der Waals surface area contributed by atoms with Gasteiger partial charge >= 0.3 is 0 Å². The average molecular weight is 316 g/mol. The van der Waals surface area contributed by atoms with Gasteiger partial charge in [-0.1, -0.05) is 26.0 Å². The molecule has 0 aliphatic carbocycles. The Morgan fingerprint density at radius 1 is 1.30 bits per heavy atom. The SMILES string of the molecule is CCC(CC)(CCO)CNC(=O)Cc1c[nH]c2cccc(C)c12. The zero-order valence-electron chi connectivity index (χ0n) is 14.4. The fourth-order valence-corrected chi connectivity index (χ4v) is 3.29. The molecule has 0 saturated heterocycles. The van der Waals surface area contributed by atoms with Crippen molar-refractivity contribution in [2.45, 2.75) is 46.5 Å². The molecule has 0 aliphatic rings. The van der Waals surface area contributed by atoms with E-state index in [-0.39, 0.29) is 17.9 Å². The molecule has 0 bridgehead atoms. The van der Waals surface area contributed by atoms with Gasteiger partial charge in [0.15, 0.2) is 0 Å². The molecule has 0 saturated carbocycles. The number of hydrogen-bond donors (Lipinski definition) is 3. The van der Waals surface area contributed by atoms with E-state index < -0.39 is 0 Å². The topological polar surface area (TPSA) is 65.1 Å². The van der Waals surface area contributed by atoms with Gasteiger partial charge in [0.2, 0.25) is 5.91 Å². The van der Waals surface area contributed by atoms with Gasteiger partial charge in [0.25, 0.3) is 0 Å². The highest BCUT2D eigenvalue weighted by atomic mass is 16.3. The van der Waals surface area contributed by atoms with Crippen LogP contribution in [0.4, 0.5) is 0 Å². The number of amides is 1. The van der Waals surface area contributed by atoms with E-state index >= 15 is 0 Å². The van der Waals surface area contributed by atoms with E-state index in [0.29, 0.717) is 13.0 Å². The van der Waals surface area contributed by atoms with Gasteiger partial charge in [0, 0.05) is 30.3 Å². The summed E-state index contributed by atoms with van der Waals surface area (Å²) in [4.78, 5) is 15.6. The van der Waals surface area contributed by atoms with E-state index in [0.717, 1.165) is 35.7 Å². The Balaban J connectivity index is 2.04. The Labute approximate surface area is 138 Å². The van der Waals surface area contributed by atoms with E-state index in [1.165, 1.54) is 5.56 Å². The second kappa shape index (κ2) is 7.64. The van der Waals surface area contributed by atoms with Gasteiger partial charge < -0.3 is 15.4 Å². The summed E-state index contributed by atoms with van der Waals surface area (Å²) in [6.07, 6.45) is 4.95. The maximum absolute atomic E-state index is 12.4. The van der Waals surface area contributed by atoms with Crippen LogP contribution in [-0.4, -0.2) is 29.1 Å². The summed E-state index contributed by atoms with van der Waals surface area (Å²) >= 11 is 0. The summed E-state index contributed by atoms with van der Waals surface area (Å²) in [5.41, 5.74) is 3.30. The van der Waals surface area contributed by atoms with Gasteiger partial charge in [0.1, 0.15) is 0 Å². The van der Waals surface area contributed by atoms with Gasteiger partial charge in [0.05, 0.1) is 6.42 Å². The highest BCUT2D eigenvalue weighted by molar-refractivity contribution is 5.91. The van der Waals surface area contributed by atoms with Crippen molar-refractivity contribution in [1.29, 1.82) is 0 Å². The third kappa shape index (κ3) is 3.94. The van der Waals surface area contributed by atoms with Crippen LogP contribution >= 0.6 is 0 Å². The number of hydrogen-bond acceptors (Lipinski definition) is 2. The zero-order chi connectivity index (χ0) is 16.9. The number of aliphatic hydroxyl groups excluding tert-OH is 1. The Morgan fingerprint density at radius 2 is 2.04 bits per heavy atom. The molecule has 1 aromatic heterocycles. The van der Waals surface area contributed by atoms with Crippen molar-refractivity contribution in [3.63, 3.8) is 0 Å². The second-order valence-electron chi connectivity index (χ2n) is 6.45. The van der Waals surface area contributed by atoms with E-state index in [2.05, 4.69) is 37.1 Å². The first-order chi connectivity index (χ1) is 11.0. The van der Waals surface area contributed by atoms with Gasteiger partial charge in [-0.25, -0.2) is 0 Å². The maximum atomic E-state index is 12.4. The molecule has 23 heavy (non-hydrogen) atoms. The van der Waals surface area contributed by atoms with E-state index in [4.69, 9.17) is 0 Å². The normalized spacial score (nSPS) is 11.8. The summed E-state index contributed by atoms with van der Waals surface area (Å²) in [5, 5.41) is 13.5. The molecule has 0 radical (unpaired) electrons. The Bertz CT molecular complexity index is 656. The van der Waals surface area contributed by atoms with Gasteiger partial charge in [-0.3, -0.25) is 4.79 Å². The number of carbonyl (C=O) groups is 1. The largest absolute Gasteiger partial charge is 0.396 e. The first kappa shape index (κ1) is 17.5. The van der Waals surface area contributed by atoms with Crippen molar-refractivity contribution in [2.24, 2.45) is 5.41 Å². The van der Waals surface area contributed by atoms with Crippen LogP contribution in [0.2, 0.25) is 0 Å². The van der Waals surface area contributed by atoms with Crippen LogP contribution in [-0.2, 0) is 11.2 Å². The first-order valence-corrected chi connectivity index (χ1v) is 8.48. The van der Waals surface area contributed by atoms with E-state index in [9.17, 15) is 9.90 Å². The minimum atomic E-state index is 0.000537. The minimum Gasteiger partial charge on any atom is -0.396 e. The van der Waals surface area contributed by atoms with Crippen molar-refractivity contribution in [1.82, 2.24) is 10.3 Å². The van der Waals surface area contributed by atoms with Crippen LogP contribution in [0.1, 0.15) is 44.2 Å². The molecule has 0 spiro atoms. The van der Waals surface area contributed by atoms with Crippen LogP contribution in [0.5, 0.6) is 0 Å². The number of H-pyrrole nitrogens is 1. The lowest BCUT2D eigenvalue weighted by atomic mass is 9.79. The quantitative estimate of drug-likeness (QED) is 0.699. The molecule has 1 aromatic carbocycles. The standard InChI is InChI=1S/C19H28N2O2/c1-4-19(5-2,9-10-22)13-21-17(23)11-15-12-20-16-8-6-7-14(3)18(15)16/h6-8,12,20,22H,4-5,9-11,13H2,1-3H3,(H,21,23). The summed E-state index contributed by atoms with van der Waals surface area (Å²) in [7, 11) is 0. The molecule has 4 heteroatoms. The zero-order valence-corrected chi connectivity index (χ0v) is 14.4. The van der Waals surface area contributed by atoms with Gasteiger partial charge in [-0.05, 0) is 48.8 Å². The lowest BCUT2D eigenvalue weighted by Gasteiger charge is -2.31. The fourth-order valence-electron chi connectivity index (χ4n) is 3.29. The number of rotatable bonds is 8. The molecule has 0 unspecified atom stereocenters. The number of aromatic nitrogens is 1. The number of benzene rings is 1. The first-order valence-electron chi connectivity index (χ1n) is 8.48. The van der Waals surface area contributed by atoms with E-state index in [1.807, 2.05) is 18.3 Å². The van der Waals surface area contributed by atoms with Crippen LogP contribution < -0.4 is 5.32 Å². The Hall–Kier alpha value is -1.81. The van der Waals surface area contributed by atoms with Gasteiger partial charge in [-0.15, -0.1) is 0 Å². The number of fused-ring (bicyclic) bond motifs is 1. The molecule has 2 aromatic rings. The number of aliphatic hydroxyl groups is 1. The molecule has 3 N–H and O–H groups in total. The monoisotopic (exact) mass is 316 g/mol. The molecule has 1 amide bonds. The van der Waals surface area contributed by atoms with Crippen LogP contribution in [0.15, 0.2) is 24.4 Å². The molecular formula is C19H28N2O2. The molecule has 1 heterocycles. The van der Waals surface area contributed by atoms with Gasteiger partial charge in [-0.2, -0.15) is 0 Å². The van der Waals surface area contributed by atoms with Crippen molar-refractivity contribution in [2.75, 3.05) is 13.2 Å². The molecule has 0 fully saturated rings. The lowest BCUT2D eigenvalue weighted by Crippen LogP contribution is -2.38. The average Bonchev–Trinajstić information content (AvgIpc) is 2.96. The van der Waals surface area contributed by atoms with Crippen LogP contribution in [0.3, 0.4) is 0 Å². The summed E-state index contributed by atoms with van der Waals surface area (Å²) in [6.45, 7) is 7.10. The number of aromatic amines is 1. The summed E-state index contributed by atoms with van der Waals surface area (Å²) < 4.78 is 0. The smallest absolute Gasteiger partial charge is 0.224 e. The van der Waals surface area contributed by atoms with Crippen molar-refractivity contribution in [3.8, 4) is 0 Å². The van der Waals surface area contributed by atoms with Crippen molar-refractivity contribution < 1.29 is 9.90 Å². The lowest BCUT2D eigenvalue weighted by molar-refractivity contribution is -0.121. The molecular weight excluding hydrogens is 288 g/mol. The van der Waals surface area contributed by atoms with Crippen molar-refractivity contribution >= 4 is 16.8 Å². The number of aryl methyl sites for hydroxylation is 1. The molecule has 0 aliphatic heterocycles. The third-order valence-electron chi connectivity index (χ3n) is 5.15. The predicted octanol–water partition coefficient (Wildman–Crippen LogP) is 3.32. The predicted molar refractivity (Wildman–Crippen MR) is 94.5 cm³/mol. The van der Waals surface area contributed by atoms with Crippen LogP contribution in [0, 0.1) is 12.3 Å². The van der Waals surface area contributed by atoms with Crippen molar-refractivity contribution in [3.05, 3.63) is 35.5 Å². The highest BCUT2D eigenvalue weighted by Gasteiger charge is 2.26. The molecule has 2 rings (SSSR count). The Morgan fingerprint density at radius 3 is 2.70 bits per heavy atom. The second-order valence-corrected chi connectivity index (χ2v) is 6.45. The van der Waals surface area contributed by atoms with E-state index in [1.54, 1.807) is 0 Å². The Kier molecular flexibility index (Phi) is 5.83. The fraction of sp³-hybridized carbons (Fsp3) is 0.526. The summed E-state index contributed by atoms with van der Waals surface area (Å²) in [6, 6.07) is 6.12. The summed E-state index contributed by atoms with van der Waals surface area (Å²) in [5.74, 6) is 0.0402. The highest BCUT2D eigenvalue weighted by Crippen LogP contribution is 2.29. The molecule has 126 valence electrons. The molecule has 4 nitrogen and oxygen atoms in total. The number of carbonyl (C=O) groups excluding carboxylic acids is 1. The molecule has 0 atom stereocenters. The maximum Gasteiger partial charge on any atom is 0.224 e. The number of nitrogens with one attached hydrogen (secondary N) is 2. The third-order valence-corrected chi connectivity index (χ3v) is 5.15.